The lowest BCUT2D eigenvalue weighted by molar-refractivity contribution is -0.137. The minimum atomic E-state index is -4.41. The molecule has 2 rings (SSSR count). The van der Waals surface area contributed by atoms with Crippen molar-refractivity contribution in [2.75, 3.05) is 5.32 Å². The fraction of sp³-hybridized carbons (Fsp3) is 0.273. The lowest BCUT2D eigenvalue weighted by Crippen LogP contribution is -2.08. The third kappa shape index (κ3) is 2.15. The Morgan fingerprint density at radius 1 is 1.39 bits per heavy atom. The number of anilines is 1. The zero-order valence-corrected chi connectivity index (χ0v) is 9.67. The molecule has 4 nitrogen and oxygen atoms in total. The highest BCUT2D eigenvalue weighted by Gasteiger charge is 2.31. The van der Waals surface area contributed by atoms with Gasteiger partial charge in [0.05, 0.1) is 11.1 Å². The van der Waals surface area contributed by atoms with E-state index in [1.165, 1.54) is 13.0 Å². The molecule has 0 saturated carbocycles. The monoisotopic (exact) mass is 257 g/mol. The quantitative estimate of drug-likeness (QED) is 0.853. The maximum absolute atomic E-state index is 12.5. The van der Waals surface area contributed by atoms with E-state index in [2.05, 4.69) is 10.4 Å². The maximum Gasteiger partial charge on any atom is 0.417 e. The van der Waals surface area contributed by atoms with E-state index < -0.39 is 11.7 Å². The van der Waals surface area contributed by atoms with E-state index in [0.717, 1.165) is 16.8 Å². The van der Waals surface area contributed by atoms with Crippen LogP contribution < -0.4 is 5.32 Å². The van der Waals surface area contributed by atoms with E-state index in [9.17, 15) is 18.0 Å². The highest BCUT2D eigenvalue weighted by Crippen LogP contribution is 2.30. The van der Waals surface area contributed by atoms with Gasteiger partial charge in [-0.1, -0.05) is 0 Å². The van der Waals surface area contributed by atoms with Crippen molar-refractivity contribution in [3.8, 4) is 0 Å². The molecular formula is C11H10F3N3O. The molecule has 0 aliphatic rings. The van der Waals surface area contributed by atoms with Gasteiger partial charge in [-0.3, -0.25) is 4.79 Å². The molecule has 0 spiro atoms. The number of amides is 1. The van der Waals surface area contributed by atoms with Crippen molar-refractivity contribution in [1.29, 1.82) is 0 Å². The van der Waals surface area contributed by atoms with Crippen LogP contribution in [0.25, 0.3) is 5.52 Å². The lowest BCUT2D eigenvalue weighted by atomic mass is 10.2. The average Bonchev–Trinajstić information content (AvgIpc) is 2.53. The van der Waals surface area contributed by atoms with Crippen LogP contribution in [0.1, 0.15) is 18.1 Å². The van der Waals surface area contributed by atoms with Gasteiger partial charge in [0.1, 0.15) is 0 Å². The van der Waals surface area contributed by atoms with Crippen LogP contribution in [0.4, 0.5) is 19.0 Å². The minimum Gasteiger partial charge on any atom is -0.309 e. The number of aryl methyl sites for hydroxylation is 1. The summed E-state index contributed by atoms with van der Waals surface area (Å²) < 4.78 is 38.7. The Bertz CT molecular complexity index is 616. The van der Waals surface area contributed by atoms with Gasteiger partial charge in [0.15, 0.2) is 5.82 Å². The molecule has 0 saturated heterocycles. The third-order valence-electron chi connectivity index (χ3n) is 2.50. The summed E-state index contributed by atoms with van der Waals surface area (Å²) in [5.74, 6) is -0.0561. The normalized spacial score (nSPS) is 11.8. The van der Waals surface area contributed by atoms with Gasteiger partial charge in [-0.05, 0) is 19.1 Å². The van der Waals surface area contributed by atoms with Gasteiger partial charge in [-0.15, -0.1) is 5.10 Å². The summed E-state index contributed by atoms with van der Waals surface area (Å²) in [6, 6.07) is 2.32. The van der Waals surface area contributed by atoms with E-state index in [1.807, 2.05) is 0 Å². The number of nitrogens with one attached hydrogen (secondary N) is 1. The van der Waals surface area contributed by atoms with Crippen LogP contribution in [0.15, 0.2) is 18.3 Å². The zero-order chi connectivity index (χ0) is 13.5. The number of rotatable bonds is 1. The van der Waals surface area contributed by atoms with Gasteiger partial charge < -0.3 is 5.32 Å². The van der Waals surface area contributed by atoms with Crippen LogP contribution in [0.5, 0.6) is 0 Å². The lowest BCUT2D eigenvalue weighted by Gasteiger charge is -2.06. The molecule has 0 unspecified atom stereocenters. The van der Waals surface area contributed by atoms with Crippen molar-refractivity contribution in [2.45, 2.75) is 20.0 Å². The molecule has 1 amide bonds. The van der Waals surface area contributed by atoms with Crippen molar-refractivity contribution in [3.63, 3.8) is 0 Å². The smallest absolute Gasteiger partial charge is 0.309 e. The van der Waals surface area contributed by atoms with Crippen LogP contribution in [0.3, 0.4) is 0 Å². The van der Waals surface area contributed by atoms with Crippen LogP contribution >= 0.6 is 0 Å². The Balaban J connectivity index is 2.55. The summed E-state index contributed by atoms with van der Waals surface area (Å²) in [5.41, 5.74) is 0.359. The van der Waals surface area contributed by atoms with Crippen LogP contribution in [0, 0.1) is 6.92 Å². The Morgan fingerprint density at radius 3 is 2.61 bits per heavy atom. The van der Waals surface area contributed by atoms with E-state index in [0.29, 0.717) is 11.1 Å². The van der Waals surface area contributed by atoms with Crippen LogP contribution in [-0.4, -0.2) is 15.5 Å². The Kier molecular flexibility index (Phi) is 2.76. The number of pyridine rings is 1. The summed E-state index contributed by atoms with van der Waals surface area (Å²) >= 11 is 0. The number of fused-ring (bicyclic) bond motifs is 1. The highest BCUT2D eigenvalue weighted by atomic mass is 19.4. The molecule has 0 aliphatic heterocycles. The number of hydrogen-bond acceptors (Lipinski definition) is 2. The molecule has 2 aromatic rings. The SMILES string of the molecule is CC(=O)Nc1nn2cc(C(F)(F)F)ccc2c1C. The number of carbonyl (C=O) groups excluding carboxylic acids is 1. The molecular weight excluding hydrogens is 247 g/mol. The molecule has 7 heteroatoms. The fourth-order valence-corrected chi connectivity index (χ4v) is 1.63. The van der Waals surface area contributed by atoms with Gasteiger partial charge in [-0.25, -0.2) is 4.52 Å². The van der Waals surface area contributed by atoms with Crippen molar-refractivity contribution < 1.29 is 18.0 Å². The molecule has 0 bridgehead atoms. The first-order valence-corrected chi connectivity index (χ1v) is 5.13. The third-order valence-corrected chi connectivity index (χ3v) is 2.50. The average molecular weight is 257 g/mol. The Morgan fingerprint density at radius 2 is 2.06 bits per heavy atom. The summed E-state index contributed by atoms with van der Waals surface area (Å²) in [6.45, 7) is 2.99. The Hall–Kier alpha value is -2.05. The number of aromatic nitrogens is 2. The second-order valence-electron chi connectivity index (χ2n) is 3.90. The summed E-state index contributed by atoms with van der Waals surface area (Å²) in [4.78, 5) is 10.9. The maximum atomic E-state index is 12.5. The molecule has 0 aromatic carbocycles. The molecule has 0 radical (unpaired) electrons. The van der Waals surface area contributed by atoms with E-state index in [4.69, 9.17) is 0 Å². The van der Waals surface area contributed by atoms with Gasteiger partial charge in [-0.2, -0.15) is 13.2 Å². The summed E-state index contributed by atoms with van der Waals surface area (Å²) in [7, 11) is 0. The second-order valence-corrected chi connectivity index (χ2v) is 3.90. The topological polar surface area (TPSA) is 46.4 Å². The van der Waals surface area contributed by atoms with E-state index in [-0.39, 0.29) is 11.7 Å². The predicted molar refractivity (Wildman–Crippen MR) is 59.2 cm³/mol. The molecule has 0 atom stereocenters. The highest BCUT2D eigenvalue weighted by molar-refractivity contribution is 5.89. The molecule has 18 heavy (non-hydrogen) atoms. The molecule has 2 heterocycles. The van der Waals surface area contributed by atoms with Crippen molar-refractivity contribution in [2.24, 2.45) is 0 Å². The van der Waals surface area contributed by atoms with Crippen molar-refractivity contribution in [1.82, 2.24) is 9.61 Å². The van der Waals surface area contributed by atoms with Crippen LogP contribution in [0.2, 0.25) is 0 Å². The van der Waals surface area contributed by atoms with Crippen LogP contribution in [-0.2, 0) is 11.0 Å². The minimum absolute atomic E-state index is 0.266. The van der Waals surface area contributed by atoms with Crippen molar-refractivity contribution in [3.05, 3.63) is 29.5 Å². The first-order valence-electron chi connectivity index (χ1n) is 5.13. The molecule has 1 N–H and O–H groups in total. The largest absolute Gasteiger partial charge is 0.417 e. The number of carbonyl (C=O) groups is 1. The van der Waals surface area contributed by atoms with Gasteiger partial charge in [0.25, 0.3) is 0 Å². The number of halogens is 3. The summed E-state index contributed by atoms with van der Waals surface area (Å²) in [5, 5.41) is 6.38. The zero-order valence-electron chi connectivity index (χ0n) is 9.67. The standard InChI is InChI=1S/C11H10F3N3O/c1-6-9-4-3-8(11(12,13)14)5-17(9)16-10(6)15-7(2)18/h3-5H,1-2H3,(H,15,16,18). The predicted octanol–water partition coefficient (Wildman–Crippen LogP) is 2.62. The van der Waals surface area contributed by atoms with Gasteiger partial charge in [0.2, 0.25) is 5.91 Å². The molecule has 0 aliphatic carbocycles. The number of nitrogens with zero attached hydrogens (tertiary/aromatic N) is 2. The van der Waals surface area contributed by atoms with Gasteiger partial charge >= 0.3 is 6.18 Å². The Labute approximate surface area is 100 Å². The van der Waals surface area contributed by atoms with E-state index in [1.54, 1.807) is 6.92 Å². The summed E-state index contributed by atoms with van der Waals surface area (Å²) in [6.07, 6.45) is -3.52. The molecule has 96 valence electrons. The van der Waals surface area contributed by atoms with E-state index >= 15 is 0 Å². The first kappa shape index (κ1) is 12.4. The fourth-order valence-electron chi connectivity index (χ4n) is 1.63. The molecule has 2 aromatic heterocycles. The first-order chi connectivity index (χ1) is 8.29. The van der Waals surface area contributed by atoms with Crippen molar-refractivity contribution >= 4 is 17.2 Å². The second kappa shape index (κ2) is 4.01. The van der Waals surface area contributed by atoms with Gasteiger partial charge in [0, 0.05) is 18.7 Å². The number of hydrogen-bond donors (Lipinski definition) is 1. The number of alkyl halides is 3. The molecule has 0 fully saturated rings.